The van der Waals surface area contributed by atoms with Crippen LogP contribution in [0.1, 0.15) is 0 Å². The van der Waals surface area contributed by atoms with E-state index in [1.54, 1.807) is 0 Å². The van der Waals surface area contributed by atoms with E-state index in [0.29, 0.717) is 77.8 Å². The molecule has 0 aromatic heterocycles. The summed E-state index contributed by atoms with van der Waals surface area (Å²) in [5, 5.41) is 5.12. The maximum absolute atomic E-state index is 15.3. The molecule has 4 aliphatic heterocycles. The molecule has 2 atom stereocenters. The molecule has 4 heterocycles. The highest BCUT2D eigenvalue weighted by Crippen LogP contribution is 2.62. The van der Waals surface area contributed by atoms with Gasteiger partial charge in [0.2, 0.25) is 0 Å². The summed E-state index contributed by atoms with van der Waals surface area (Å²) < 4.78 is 56.1. The van der Waals surface area contributed by atoms with Crippen LogP contribution in [0.5, 0.6) is 46.0 Å². The predicted molar refractivity (Wildman–Crippen MR) is 163 cm³/mol. The molecule has 0 N–H and O–H groups in total. The number of para-hydroxylation sites is 2. The summed E-state index contributed by atoms with van der Waals surface area (Å²) in [6.45, 7) is 0. The minimum atomic E-state index is -3.34. The van der Waals surface area contributed by atoms with Gasteiger partial charge in [0, 0.05) is 10.8 Å². The SMILES string of the molecule is O=P12c3ccccc3Oc3cccc(c31)Oc1c2ccc2c3c(ccc12)P1(=O)c2ccccc2Oc2cccc(c21)O3. The molecule has 0 fully saturated rings. The van der Waals surface area contributed by atoms with Gasteiger partial charge in [0.1, 0.15) is 56.6 Å². The fourth-order valence-electron chi connectivity index (χ4n) is 6.80. The molecule has 6 aromatic rings. The third-order valence-corrected chi connectivity index (χ3v) is 14.9. The van der Waals surface area contributed by atoms with Gasteiger partial charge in [0.05, 0.1) is 21.2 Å². The lowest BCUT2D eigenvalue weighted by Gasteiger charge is -2.36. The first kappa shape index (κ1) is 22.9. The fraction of sp³-hybridized carbons (Fsp3) is 0. The summed E-state index contributed by atoms with van der Waals surface area (Å²) in [6, 6.07) is 33.5. The maximum atomic E-state index is 15.3. The van der Waals surface area contributed by atoms with Crippen molar-refractivity contribution in [2.24, 2.45) is 0 Å². The van der Waals surface area contributed by atoms with Gasteiger partial charge in [-0.05, 0) is 72.8 Å². The lowest BCUT2D eigenvalue weighted by Crippen LogP contribution is -2.36. The van der Waals surface area contributed by atoms with Crippen molar-refractivity contribution in [2.75, 3.05) is 0 Å². The quantitative estimate of drug-likeness (QED) is 0.189. The average Bonchev–Trinajstić information content (AvgIpc) is 3.01. The van der Waals surface area contributed by atoms with E-state index in [1.165, 1.54) is 0 Å². The second kappa shape index (κ2) is 7.54. The lowest BCUT2D eigenvalue weighted by molar-refractivity contribution is 0.461. The van der Waals surface area contributed by atoms with Gasteiger partial charge >= 0.3 is 0 Å². The third-order valence-electron chi connectivity index (χ3n) is 8.57. The van der Waals surface area contributed by atoms with Gasteiger partial charge in [-0.1, -0.05) is 36.4 Å². The Morgan fingerprint density at radius 1 is 0.357 bits per heavy atom. The summed E-state index contributed by atoms with van der Waals surface area (Å²) in [6.07, 6.45) is 0. The van der Waals surface area contributed by atoms with Crippen molar-refractivity contribution >= 4 is 56.9 Å². The maximum Gasteiger partial charge on any atom is 0.185 e. The predicted octanol–water partition coefficient (Wildman–Crippen LogP) is 6.54. The van der Waals surface area contributed by atoms with Gasteiger partial charge in [-0.3, -0.25) is 0 Å². The normalized spacial score (nSPS) is 21.0. The summed E-state index contributed by atoms with van der Waals surface area (Å²) in [7, 11) is -6.67. The molecule has 0 saturated heterocycles. The zero-order valence-electron chi connectivity index (χ0n) is 21.7. The van der Waals surface area contributed by atoms with E-state index < -0.39 is 14.3 Å². The van der Waals surface area contributed by atoms with Gasteiger partial charge in [0.15, 0.2) is 14.3 Å². The molecule has 0 saturated carbocycles. The van der Waals surface area contributed by atoms with Crippen molar-refractivity contribution in [1.29, 1.82) is 0 Å². The monoisotopic (exact) mass is 584 g/mol. The average molecular weight is 584 g/mol. The van der Waals surface area contributed by atoms with Crippen LogP contribution in [-0.2, 0) is 9.13 Å². The Bertz CT molecular complexity index is 2180. The zero-order valence-corrected chi connectivity index (χ0v) is 23.5. The van der Waals surface area contributed by atoms with Crippen molar-refractivity contribution in [3.05, 3.63) is 109 Å². The number of rotatable bonds is 0. The molecule has 0 aliphatic carbocycles. The Balaban J connectivity index is 1.28. The van der Waals surface area contributed by atoms with E-state index >= 15 is 9.13 Å². The fourth-order valence-corrected chi connectivity index (χ4v) is 12.9. The molecule has 42 heavy (non-hydrogen) atoms. The number of hydrogen-bond acceptors (Lipinski definition) is 6. The van der Waals surface area contributed by atoms with Crippen LogP contribution < -0.4 is 50.8 Å². The molecule has 0 amide bonds. The summed E-state index contributed by atoms with van der Waals surface area (Å²) in [5.74, 6) is 4.26. The smallest absolute Gasteiger partial charge is 0.185 e. The van der Waals surface area contributed by atoms with Crippen LogP contribution in [0.15, 0.2) is 109 Å². The molecule has 8 heteroatoms. The van der Waals surface area contributed by atoms with Crippen molar-refractivity contribution in [2.45, 2.75) is 0 Å². The van der Waals surface area contributed by atoms with E-state index in [0.717, 1.165) is 10.8 Å². The largest absolute Gasteiger partial charge is 0.456 e. The van der Waals surface area contributed by atoms with E-state index in [9.17, 15) is 0 Å². The number of benzene rings is 6. The summed E-state index contributed by atoms with van der Waals surface area (Å²) in [5.41, 5.74) is 0. The highest BCUT2D eigenvalue weighted by atomic mass is 31.2. The third kappa shape index (κ3) is 2.55. The molecular weight excluding hydrogens is 566 g/mol. The Hall–Kier alpha value is -4.76. The molecule has 0 radical (unpaired) electrons. The van der Waals surface area contributed by atoms with Crippen LogP contribution >= 0.6 is 14.3 Å². The van der Waals surface area contributed by atoms with Gasteiger partial charge < -0.3 is 28.1 Å². The number of fused-ring (bicyclic) bond motifs is 11. The van der Waals surface area contributed by atoms with Crippen LogP contribution in [-0.4, -0.2) is 0 Å². The van der Waals surface area contributed by atoms with Crippen molar-refractivity contribution in [3.8, 4) is 46.0 Å². The van der Waals surface area contributed by atoms with Crippen LogP contribution in [0.3, 0.4) is 0 Å². The molecule has 200 valence electrons. The minimum absolute atomic E-state index is 0.505. The zero-order chi connectivity index (χ0) is 27.8. The summed E-state index contributed by atoms with van der Waals surface area (Å²) >= 11 is 0. The molecule has 2 unspecified atom stereocenters. The molecule has 0 bridgehead atoms. The van der Waals surface area contributed by atoms with E-state index in [-0.39, 0.29) is 0 Å². The van der Waals surface area contributed by atoms with Crippen molar-refractivity contribution in [3.63, 3.8) is 0 Å². The minimum Gasteiger partial charge on any atom is -0.456 e. The van der Waals surface area contributed by atoms with Crippen LogP contribution in [0.2, 0.25) is 0 Å². The van der Waals surface area contributed by atoms with Crippen LogP contribution in [0, 0.1) is 0 Å². The molecule has 6 nitrogen and oxygen atoms in total. The second-order valence-electron chi connectivity index (χ2n) is 10.7. The number of hydrogen-bond donors (Lipinski definition) is 0. The van der Waals surface area contributed by atoms with Gasteiger partial charge in [0.25, 0.3) is 0 Å². The highest BCUT2D eigenvalue weighted by molar-refractivity contribution is 7.86. The lowest BCUT2D eigenvalue weighted by atomic mass is 10.1. The van der Waals surface area contributed by atoms with Gasteiger partial charge in [-0.15, -0.1) is 0 Å². The number of ether oxygens (including phenoxy) is 4. The van der Waals surface area contributed by atoms with E-state index in [1.807, 2.05) is 109 Å². The van der Waals surface area contributed by atoms with Crippen LogP contribution in [0.4, 0.5) is 0 Å². The molecule has 10 rings (SSSR count). The molecule has 4 aliphatic rings. The highest BCUT2D eigenvalue weighted by Gasteiger charge is 2.49. The Morgan fingerprint density at radius 3 is 1.19 bits per heavy atom. The first-order chi connectivity index (χ1) is 20.6. The first-order valence-electron chi connectivity index (χ1n) is 13.6. The summed E-state index contributed by atoms with van der Waals surface area (Å²) in [4.78, 5) is 0. The standard InChI is InChI=1S/C34H18O6P2/c35-41-27-13-3-1-7-21(27)37-23-9-5-11-25(33(23)41)39-31-19-16-18-30-32(20(19)15-17-29(31)41)40-26-12-6-10-24-34(26)42(30,36)28-14-4-2-8-22(28)38-24/h1-18H. The van der Waals surface area contributed by atoms with E-state index in [2.05, 4.69) is 0 Å². The Kier molecular flexibility index (Phi) is 4.11. The molecule has 6 aromatic carbocycles. The van der Waals surface area contributed by atoms with Crippen molar-refractivity contribution < 1.29 is 28.1 Å². The Labute approximate surface area is 239 Å². The second-order valence-corrected chi connectivity index (χ2v) is 15.9. The Morgan fingerprint density at radius 2 is 0.738 bits per heavy atom. The van der Waals surface area contributed by atoms with E-state index in [4.69, 9.17) is 18.9 Å². The molecule has 0 spiro atoms. The topological polar surface area (TPSA) is 71.1 Å². The van der Waals surface area contributed by atoms with Gasteiger partial charge in [-0.2, -0.15) is 0 Å². The first-order valence-corrected chi connectivity index (χ1v) is 17.0. The van der Waals surface area contributed by atoms with Crippen LogP contribution in [0.25, 0.3) is 10.8 Å². The van der Waals surface area contributed by atoms with Crippen molar-refractivity contribution in [1.82, 2.24) is 0 Å². The molecular formula is C34H18O6P2. The van der Waals surface area contributed by atoms with Gasteiger partial charge in [-0.25, -0.2) is 0 Å².